The zero-order valence-corrected chi connectivity index (χ0v) is 11.3. The van der Waals surface area contributed by atoms with Gasteiger partial charge in [0.05, 0.1) is 4.34 Å². The van der Waals surface area contributed by atoms with Crippen molar-refractivity contribution in [2.75, 3.05) is 0 Å². The second kappa shape index (κ2) is 5.65. The van der Waals surface area contributed by atoms with Gasteiger partial charge in [-0.15, -0.1) is 11.3 Å². The summed E-state index contributed by atoms with van der Waals surface area (Å²) in [7, 11) is 0. The minimum atomic E-state index is -0.347. The van der Waals surface area contributed by atoms with Gasteiger partial charge in [-0.1, -0.05) is 35.3 Å². The van der Waals surface area contributed by atoms with Gasteiger partial charge >= 0.3 is 0 Å². The summed E-state index contributed by atoms with van der Waals surface area (Å²) in [6.07, 6.45) is 2.33. The minimum Gasteiger partial charge on any atom is -0.298 e. The topological polar surface area (TPSA) is 17.1 Å². The Kier molecular flexibility index (Phi) is 4.17. The van der Waals surface area contributed by atoms with Gasteiger partial charge in [-0.3, -0.25) is 4.79 Å². The summed E-state index contributed by atoms with van der Waals surface area (Å²) in [4.78, 5) is 11.1. The Morgan fingerprint density at radius 1 is 1.22 bits per heavy atom. The molecule has 1 aromatic carbocycles. The zero-order valence-electron chi connectivity index (χ0n) is 8.99. The van der Waals surface area contributed by atoms with E-state index in [1.807, 2.05) is 0 Å². The molecule has 0 amide bonds. The molecule has 0 aliphatic carbocycles. The fourth-order valence-corrected chi connectivity index (χ4v) is 2.87. The molecular weight excluding hydrogens is 294 g/mol. The molecule has 1 heterocycles. The number of aldehydes is 1. The number of carbonyl (C=O) groups is 1. The lowest BCUT2D eigenvalue weighted by molar-refractivity contribution is -0.103. The Labute approximate surface area is 117 Å². The molecule has 1 aromatic heterocycles. The summed E-state index contributed by atoms with van der Waals surface area (Å²) in [5.74, 6) is -0.347. The van der Waals surface area contributed by atoms with Gasteiger partial charge in [0, 0.05) is 11.1 Å². The second-order valence-electron chi connectivity index (χ2n) is 3.50. The van der Waals surface area contributed by atoms with E-state index in [0.717, 1.165) is 0 Å². The summed E-state index contributed by atoms with van der Waals surface area (Å²) in [6.45, 7) is 0. The van der Waals surface area contributed by atoms with Crippen LogP contribution in [0.1, 0.15) is 11.1 Å². The molecule has 2 aromatic rings. The van der Waals surface area contributed by atoms with E-state index in [2.05, 4.69) is 0 Å². The largest absolute Gasteiger partial charge is 0.298 e. The SMILES string of the molecule is O=CC(=Cc1cc(Cl)sc1Cl)c1ccc(F)cc1. The molecule has 0 saturated carbocycles. The number of thiophene rings is 1. The maximum atomic E-state index is 12.8. The van der Waals surface area contributed by atoms with Crippen molar-refractivity contribution < 1.29 is 9.18 Å². The highest BCUT2D eigenvalue weighted by molar-refractivity contribution is 7.20. The molecule has 0 fully saturated rings. The molecule has 2 rings (SSSR count). The van der Waals surface area contributed by atoms with Crippen LogP contribution < -0.4 is 0 Å². The number of allylic oxidation sites excluding steroid dienone is 1. The lowest BCUT2D eigenvalue weighted by Crippen LogP contribution is -1.86. The molecule has 0 bridgehead atoms. The summed E-state index contributed by atoms with van der Waals surface area (Å²) in [6, 6.07) is 7.36. The van der Waals surface area contributed by atoms with Crippen LogP contribution in [-0.4, -0.2) is 6.29 Å². The van der Waals surface area contributed by atoms with Crippen LogP contribution in [0.4, 0.5) is 4.39 Å². The molecule has 0 aliphatic heterocycles. The summed E-state index contributed by atoms with van der Waals surface area (Å²) < 4.78 is 13.9. The quantitative estimate of drug-likeness (QED) is 0.580. The van der Waals surface area contributed by atoms with Gasteiger partial charge in [0.1, 0.15) is 10.2 Å². The molecule has 0 saturated heterocycles. The molecule has 0 spiro atoms. The van der Waals surface area contributed by atoms with Crippen LogP contribution in [0.3, 0.4) is 0 Å². The lowest BCUT2D eigenvalue weighted by Gasteiger charge is -2.00. The van der Waals surface area contributed by atoms with Crippen LogP contribution in [0.25, 0.3) is 11.6 Å². The van der Waals surface area contributed by atoms with Gasteiger partial charge in [0.15, 0.2) is 6.29 Å². The van der Waals surface area contributed by atoms with E-state index in [0.29, 0.717) is 31.7 Å². The first-order valence-electron chi connectivity index (χ1n) is 4.98. The van der Waals surface area contributed by atoms with Crippen molar-refractivity contribution in [1.82, 2.24) is 0 Å². The van der Waals surface area contributed by atoms with Crippen molar-refractivity contribution in [3.8, 4) is 0 Å². The van der Waals surface area contributed by atoms with Gasteiger partial charge in [0.25, 0.3) is 0 Å². The third-order valence-corrected chi connectivity index (χ3v) is 3.82. The Morgan fingerprint density at radius 3 is 2.39 bits per heavy atom. The smallest absolute Gasteiger partial charge is 0.150 e. The van der Waals surface area contributed by atoms with Crippen molar-refractivity contribution in [3.05, 3.63) is 55.9 Å². The van der Waals surface area contributed by atoms with E-state index in [-0.39, 0.29) is 5.82 Å². The minimum absolute atomic E-state index is 0.347. The summed E-state index contributed by atoms with van der Waals surface area (Å²) in [5, 5.41) is 0. The number of rotatable bonds is 3. The molecule has 92 valence electrons. The summed E-state index contributed by atoms with van der Waals surface area (Å²) >= 11 is 13.0. The third kappa shape index (κ3) is 2.99. The first-order chi connectivity index (χ1) is 8.60. The highest BCUT2D eigenvalue weighted by Gasteiger charge is 2.06. The first kappa shape index (κ1) is 13.3. The van der Waals surface area contributed by atoms with E-state index in [4.69, 9.17) is 23.2 Å². The molecule has 0 aliphatic rings. The van der Waals surface area contributed by atoms with Crippen LogP contribution in [0.5, 0.6) is 0 Å². The van der Waals surface area contributed by atoms with E-state index < -0.39 is 0 Å². The van der Waals surface area contributed by atoms with Crippen molar-refractivity contribution in [2.45, 2.75) is 0 Å². The maximum Gasteiger partial charge on any atom is 0.150 e. The fourth-order valence-electron chi connectivity index (χ4n) is 1.45. The highest BCUT2D eigenvalue weighted by atomic mass is 35.5. The second-order valence-corrected chi connectivity index (χ2v) is 5.79. The average Bonchev–Trinajstić information content (AvgIpc) is 2.66. The van der Waals surface area contributed by atoms with Gasteiger partial charge in [-0.05, 0) is 29.8 Å². The van der Waals surface area contributed by atoms with Crippen LogP contribution in [0, 0.1) is 5.82 Å². The predicted octanol–water partition coefficient (Wildman–Crippen LogP) is 4.93. The van der Waals surface area contributed by atoms with E-state index >= 15 is 0 Å². The Balaban J connectivity index is 2.42. The van der Waals surface area contributed by atoms with Crippen molar-refractivity contribution in [3.63, 3.8) is 0 Å². The predicted molar refractivity (Wildman–Crippen MR) is 74.7 cm³/mol. The lowest BCUT2D eigenvalue weighted by atomic mass is 10.1. The van der Waals surface area contributed by atoms with Crippen LogP contribution in [0.2, 0.25) is 8.67 Å². The molecule has 0 N–H and O–H groups in total. The summed E-state index contributed by atoms with van der Waals surface area (Å²) in [5.41, 5.74) is 1.73. The zero-order chi connectivity index (χ0) is 13.1. The first-order valence-corrected chi connectivity index (χ1v) is 6.55. The Bertz CT molecular complexity index is 602. The Hall–Kier alpha value is -1.16. The normalized spacial score (nSPS) is 11.6. The standard InChI is InChI=1S/C13H7Cl2FOS/c14-12-6-9(13(15)18-12)5-10(7-17)8-1-3-11(16)4-2-8/h1-7H. The van der Waals surface area contributed by atoms with Gasteiger partial charge < -0.3 is 0 Å². The van der Waals surface area contributed by atoms with Crippen molar-refractivity contribution in [2.24, 2.45) is 0 Å². The average molecular weight is 301 g/mol. The molecule has 18 heavy (non-hydrogen) atoms. The van der Waals surface area contributed by atoms with Crippen LogP contribution in [-0.2, 0) is 4.79 Å². The third-order valence-electron chi connectivity index (χ3n) is 2.30. The van der Waals surface area contributed by atoms with Gasteiger partial charge in [0.2, 0.25) is 0 Å². The molecular formula is C13H7Cl2FOS. The molecule has 5 heteroatoms. The van der Waals surface area contributed by atoms with Crippen molar-refractivity contribution in [1.29, 1.82) is 0 Å². The van der Waals surface area contributed by atoms with E-state index in [1.165, 1.54) is 35.6 Å². The maximum absolute atomic E-state index is 12.8. The number of hydrogen-bond donors (Lipinski definition) is 0. The number of carbonyl (C=O) groups excluding carboxylic acids is 1. The number of hydrogen-bond acceptors (Lipinski definition) is 2. The molecule has 1 nitrogen and oxygen atoms in total. The van der Waals surface area contributed by atoms with Gasteiger partial charge in [-0.2, -0.15) is 0 Å². The number of benzene rings is 1. The number of halogens is 3. The van der Waals surface area contributed by atoms with Crippen molar-refractivity contribution >= 4 is 52.5 Å². The van der Waals surface area contributed by atoms with E-state index in [1.54, 1.807) is 12.1 Å². The molecule has 0 unspecified atom stereocenters. The fraction of sp³-hybridized carbons (Fsp3) is 0. The van der Waals surface area contributed by atoms with Crippen LogP contribution in [0.15, 0.2) is 30.3 Å². The molecule has 0 atom stereocenters. The van der Waals surface area contributed by atoms with Crippen LogP contribution >= 0.6 is 34.5 Å². The molecule has 0 radical (unpaired) electrons. The van der Waals surface area contributed by atoms with Gasteiger partial charge in [-0.25, -0.2) is 4.39 Å². The van der Waals surface area contributed by atoms with E-state index in [9.17, 15) is 9.18 Å². The monoisotopic (exact) mass is 300 g/mol. The Morgan fingerprint density at radius 2 is 1.89 bits per heavy atom. The highest BCUT2D eigenvalue weighted by Crippen LogP contribution is 2.33.